The van der Waals surface area contributed by atoms with Crippen LogP contribution in [0, 0.1) is 6.92 Å². The van der Waals surface area contributed by atoms with Gasteiger partial charge in [-0.3, -0.25) is 14.6 Å². The molecule has 5 heteroatoms. The van der Waals surface area contributed by atoms with E-state index < -0.39 is 0 Å². The average Bonchev–Trinajstić information content (AvgIpc) is 2.58. The van der Waals surface area contributed by atoms with E-state index in [0.717, 1.165) is 21.4 Å². The van der Waals surface area contributed by atoms with Gasteiger partial charge in [-0.1, -0.05) is 12.1 Å². The van der Waals surface area contributed by atoms with Crippen molar-refractivity contribution in [3.8, 4) is 5.69 Å². The van der Waals surface area contributed by atoms with E-state index in [2.05, 4.69) is 21.0 Å². The van der Waals surface area contributed by atoms with Crippen LogP contribution >= 0.6 is 15.9 Å². The predicted octanol–water partition coefficient (Wildman–Crippen LogP) is 1.74. The summed E-state index contributed by atoms with van der Waals surface area (Å²) in [7, 11) is 0. The Morgan fingerprint density at radius 1 is 1.41 bits per heavy atom. The van der Waals surface area contributed by atoms with E-state index in [1.165, 1.54) is 0 Å². The molecule has 0 unspecified atom stereocenters. The van der Waals surface area contributed by atoms with Crippen LogP contribution in [-0.2, 0) is 6.42 Å². The van der Waals surface area contributed by atoms with Crippen LogP contribution in [0.2, 0.25) is 0 Å². The number of halogens is 1. The van der Waals surface area contributed by atoms with Crippen molar-refractivity contribution in [2.75, 3.05) is 6.54 Å². The van der Waals surface area contributed by atoms with Gasteiger partial charge < -0.3 is 5.73 Å². The molecule has 4 nitrogen and oxygen atoms in total. The van der Waals surface area contributed by atoms with Crippen LogP contribution in [-0.4, -0.2) is 16.3 Å². The number of aromatic amines is 1. The minimum absolute atomic E-state index is 0.0660. The maximum Gasteiger partial charge on any atom is 0.267 e. The Hall–Kier alpha value is -1.33. The fourth-order valence-corrected chi connectivity index (χ4v) is 2.33. The minimum Gasteiger partial charge on any atom is -0.330 e. The number of nitrogens with one attached hydrogen (secondary N) is 1. The highest BCUT2D eigenvalue weighted by Crippen LogP contribution is 2.21. The second-order valence-electron chi connectivity index (χ2n) is 3.83. The van der Waals surface area contributed by atoms with Crippen molar-refractivity contribution < 1.29 is 0 Å². The van der Waals surface area contributed by atoms with Crippen LogP contribution in [0.4, 0.5) is 0 Å². The highest BCUT2D eigenvalue weighted by molar-refractivity contribution is 9.10. The lowest BCUT2D eigenvalue weighted by atomic mass is 10.2. The topological polar surface area (TPSA) is 63.8 Å². The summed E-state index contributed by atoms with van der Waals surface area (Å²) in [5.41, 5.74) is 8.02. The Bertz CT molecular complexity index is 586. The minimum atomic E-state index is -0.0660. The molecule has 17 heavy (non-hydrogen) atoms. The quantitative estimate of drug-likeness (QED) is 0.906. The van der Waals surface area contributed by atoms with E-state index in [4.69, 9.17) is 5.73 Å². The maximum absolute atomic E-state index is 11.8. The number of aromatic nitrogens is 2. The Balaban J connectivity index is 2.58. The molecule has 0 saturated carbocycles. The van der Waals surface area contributed by atoms with Crippen molar-refractivity contribution in [1.82, 2.24) is 9.78 Å². The summed E-state index contributed by atoms with van der Waals surface area (Å²) in [6, 6.07) is 7.75. The summed E-state index contributed by atoms with van der Waals surface area (Å²) in [5.74, 6) is 0. The van der Waals surface area contributed by atoms with E-state index in [1.807, 2.05) is 31.2 Å². The molecular weight excluding hydrogens is 282 g/mol. The van der Waals surface area contributed by atoms with Gasteiger partial charge >= 0.3 is 0 Å². The van der Waals surface area contributed by atoms with Crippen LogP contribution in [0.3, 0.4) is 0 Å². The summed E-state index contributed by atoms with van der Waals surface area (Å²) in [4.78, 5) is 11.8. The van der Waals surface area contributed by atoms with E-state index >= 15 is 0 Å². The Morgan fingerprint density at radius 3 is 2.76 bits per heavy atom. The molecule has 0 amide bonds. The van der Waals surface area contributed by atoms with Crippen LogP contribution < -0.4 is 11.3 Å². The van der Waals surface area contributed by atoms with Crippen molar-refractivity contribution in [3.05, 3.63) is 50.3 Å². The average molecular weight is 296 g/mol. The molecule has 0 saturated heterocycles. The molecule has 1 aromatic heterocycles. The number of benzene rings is 1. The van der Waals surface area contributed by atoms with Gasteiger partial charge in [-0.05, 0) is 48.0 Å². The van der Waals surface area contributed by atoms with Crippen LogP contribution in [0.1, 0.15) is 11.3 Å². The summed E-state index contributed by atoms with van der Waals surface area (Å²) >= 11 is 3.47. The molecule has 3 N–H and O–H groups in total. The van der Waals surface area contributed by atoms with E-state index in [0.29, 0.717) is 13.0 Å². The van der Waals surface area contributed by atoms with Crippen molar-refractivity contribution in [1.29, 1.82) is 0 Å². The van der Waals surface area contributed by atoms with Crippen molar-refractivity contribution in [2.45, 2.75) is 13.3 Å². The van der Waals surface area contributed by atoms with Gasteiger partial charge in [-0.2, -0.15) is 0 Å². The molecule has 0 aliphatic rings. The van der Waals surface area contributed by atoms with E-state index in [1.54, 1.807) is 4.68 Å². The largest absolute Gasteiger partial charge is 0.330 e. The normalized spacial score (nSPS) is 10.8. The lowest BCUT2D eigenvalue weighted by Gasteiger charge is -2.07. The molecule has 0 fully saturated rings. The maximum atomic E-state index is 11.8. The number of hydrogen-bond donors (Lipinski definition) is 2. The van der Waals surface area contributed by atoms with Gasteiger partial charge in [0.05, 0.1) is 5.69 Å². The number of H-pyrrole nitrogens is 1. The van der Waals surface area contributed by atoms with E-state index in [9.17, 15) is 4.79 Å². The van der Waals surface area contributed by atoms with Crippen molar-refractivity contribution in [2.24, 2.45) is 5.73 Å². The third-order valence-corrected chi connectivity index (χ3v) is 3.42. The zero-order valence-electron chi connectivity index (χ0n) is 9.53. The lowest BCUT2D eigenvalue weighted by Crippen LogP contribution is -2.12. The molecule has 90 valence electrons. The monoisotopic (exact) mass is 295 g/mol. The molecule has 2 aromatic rings. The molecule has 0 radical (unpaired) electrons. The van der Waals surface area contributed by atoms with Crippen molar-refractivity contribution >= 4 is 15.9 Å². The van der Waals surface area contributed by atoms with Gasteiger partial charge in [0.2, 0.25) is 0 Å². The number of nitrogens with two attached hydrogens (primary N) is 1. The lowest BCUT2D eigenvalue weighted by molar-refractivity contribution is 0.829. The van der Waals surface area contributed by atoms with Crippen LogP contribution in [0.15, 0.2) is 33.5 Å². The van der Waals surface area contributed by atoms with Gasteiger partial charge in [0.25, 0.3) is 5.56 Å². The first-order chi connectivity index (χ1) is 8.15. The molecule has 0 aliphatic carbocycles. The van der Waals surface area contributed by atoms with Gasteiger partial charge in [0, 0.05) is 15.7 Å². The predicted molar refractivity (Wildman–Crippen MR) is 71.6 cm³/mol. The highest BCUT2D eigenvalue weighted by Gasteiger charge is 2.12. The SMILES string of the molecule is Cc1c(CCN)c(=O)[nH]n1-c1ccccc1Br. The fraction of sp³-hybridized carbons (Fsp3) is 0.250. The number of nitrogens with zero attached hydrogens (tertiary/aromatic N) is 1. The van der Waals surface area contributed by atoms with E-state index in [-0.39, 0.29) is 5.56 Å². The highest BCUT2D eigenvalue weighted by atomic mass is 79.9. The molecule has 0 aliphatic heterocycles. The first-order valence-corrected chi connectivity index (χ1v) is 6.20. The van der Waals surface area contributed by atoms with Crippen LogP contribution in [0.25, 0.3) is 5.69 Å². The third kappa shape index (κ3) is 2.21. The molecule has 1 heterocycles. The molecule has 0 atom stereocenters. The Kier molecular flexibility index (Phi) is 3.49. The molecule has 2 rings (SSSR count). The molecule has 0 spiro atoms. The zero-order chi connectivity index (χ0) is 12.4. The second kappa shape index (κ2) is 4.89. The first kappa shape index (κ1) is 12.1. The second-order valence-corrected chi connectivity index (χ2v) is 4.68. The summed E-state index contributed by atoms with van der Waals surface area (Å²) in [5, 5.41) is 2.83. The van der Waals surface area contributed by atoms with Gasteiger partial charge in [0.1, 0.15) is 0 Å². The third-order valence-electron chi connectivity index (χ3n) is 2.75. The summed E-state index contributed by atoms with van der Waals surface area (Å²) in [6.45, 7) is 2.40. The molecular formula is C12H14BrN3O. The number of rotatable bonds is 3. The standard InChI is InChI=1S/C12H14BrN3O/c1-8-9(6-7-14)12(17)15-16(8)11-5-3-2-4-10(11)13/h2-5H,6-7,14H2,1H3,(H,15,17). The zero-order valence-corrected chi connectivity index (χ0v) is 11.1. The Labute approximate surface area is 108 Å². The number of para-hydroxylation sites is 1. The molecule has 1 aromatic carbocycles. The fourth-order valence-electron chi connectivity index (χ4n) is 1.86. The van der Waals surface area contributed by atoms with Gasteiger partial charge in [-0.25, -0.2) is 0 Å². The van der Waals surface area contributed by atoms with Crippen molar-refractivity contribution in [3.63, 3.8) is 0 Å². The summed E-state index contributed by atoms with van der Waals surface area (Å²) < 4.78 is 2.73. The Morgan fingerprint density at radius 2 is 2.12 bits per heavy atom. The van der Waals surface area contributed by atoms with Crippen LogP contribution in [0.5, 0.6) is 0 Å². The van der Waals surface area contributed by atoms with Gasteiger partial charge in [-0.15, -0.1) is 0 Å². The first-order valence-electron chi connectivity index (χ1n) is 5.40. The van der Waals surface area contributed by atoms with Gasteiger partial charge in [0.15, 0.2) is 0 Å². The molecule has 0 bridgehead atoms. The smallest absolute Gasteiger partial charge is 0.267 e. The summed E-state index contributed by atoms with van der Waals surface area (Å²) in [6.07, 6.45) is 0.596. The number of hydrogen-bond acceptors (Lipinski definition) is 2.